The fourth-order valence-electron chi connectivity index (χ4n) is 4.13. The molecule has 6 nitrogen and oxygen atoms in total. The Labute approximate surface area is 176 Å². The summed E-state index contributed by atoms with van der Waals surface area (Å²) in [5.41, 5.74) is 3.41. The topological polar surface area (TPSA) is 69.7 Å². The lowest BCUT2D eigenvalue weighted by atomic mass is 9.93. The largest absolute Gasteiger partial charge is 0.326 e. The molecule has 1 N–H and O–H groups in total. The van der Waals surface area contributed by atoms with E-state index in [1.165, 1.54) is 6.92 Å². The quantitative estimate of drug-likeness (QED) is 0.835. The van der Waals surface area contributed by atoms with E-state index in [4.69, 9.17) is 0 Å². The molecule has 30 heavy (non-hydrogen) atoms. The van der Waals surface area contributed by atoms with E-state index in [2.05, 4.69) is 5.32 Å². The molecule has 0 radical (unpaired) electrons. The van der Waals surface area contributed by atoms with Crippen molar-refractivity contribution in [3.8, 4) is 0 Å². The summed E-state index contributed by atoms with van der Waals surface area (Å²) >= 11 is 0. The van der Waals surface area contributed by atoms with E-state index in [0.717, 1.165) is 29.7 Å². The van der Waals surface area contributed by atoms with Crippen LogP contribution in [0, 0.1) is 0 Å². The van der Waals surface area contributed by atoms with Crippen LogP contribution in [0.15, 0.2) is 54.7 Å². The molecule has 0 spiro atoms. The van der Waals surface area contributed by atoms with Crippen molar-refractivity contribution in [1.29, 1.82) is 0 Å². The molecule has 2 aromatic rings. The summed E-state index contributed by atoms with van der Waals surface area (Å²) in [5.74, 6) is -0.171. The van der Waals surface area contributed by atoms with E-state index in [0.29, 0.717) is 18.7 Å². The fourth-order valence-corrected chi connectivity index (χ4v) is 4.13. The van der Waals surface area contributed by atoms with E-state index in [9.17, 15) is 14.4 Å². The summed E-state index contributed by atoms with van der Waals surface area (Å²) < 4.78 is 0. The van der Waals surface area contributed by atoms with Gasteiger partial charge in [-0.25, -0.2) is 0 Å². The number of carbonyl (C=O) groups excluding carboxylic acids is 3. The smallest absolute Gasteiger partial charge is 0.226 e. The van der Waals surface area contributed by atoms with E-state index in [-0.39, 0.29) is 30.2 Å². The molecule has 2 aliphatic heterocycles. The zero-order valence-corrected chi connectivity index (χ0v) is 17.0. The summed E-state index contributed by atoms with van der Waals surface area (Å²) in [6.07, 6.45) is 6.25. The van der Waals surface area contributed by atoms with Gasteiger partial charge in [0.1, 0.15) is 0 Å². The summed E-state index contributed by atoms with van der Waals surface area (Å²) in [6, 6.07) is 14.8. The number of benzene rings is 2. The van der Waals surface area contributed by atoms with E-state index >= 15 is 0 Å². The first kappa shape index (κ1) is 19.9. The van der Waals surface area contributed by atoms with Crippen LogP contribution < -0.4 is 10.2 Å². The van der Waals surface area contributed by atoms with Gasteiger partial charge < -0.3 is 15.1 Å². The minimum Gasteiger partial charge on any atom is -0.326 e. The lowest BCUT2D eigenvalue weighted by Gasteiger charge is -2.32. The standard InChI is InChI=1S/C24H25N3O3/c1-17(28)26-14-12-18-7-2-3-10-21(18)22(26)16-23(29)25-19-8-6-9-20(15-19)27-13-5-4-11-24(27)30/h2-3,6-10,12,14-15,22H,4-5,11,13,16H2,1H3,(H,25,29)/t22-/m0/s1. The third-order valence-corrected chi connectivity index (χ3v) is 5.61. The molecule has 1 fully saturated rings. The van der Waals surface area contributed by atoms with Gasteiger partial charge in [-0.3, -0.25) is 14.4 Å². The van der Waals surface area contributed by atoms with Crippen LogP contribution in [-0.4, -0.2) is 29.2 Å². The third-order valence-electron chi connectivity index (χ3n) is 5.61. The SMILES string of the molecule is CC(=O)N1C=Cc2ccccc2[C@@H]1CC(=O)Nc1cccc(N2CCCCC2=O)c1. The van der Waals surface area contributed by atoms with Crippen LogP contribution in [0.1, 0.15) is 49.8 Å². The average Bonchev–Trinajstić information content (AvgIpc) is 2.74. The highest BCUT2D eigenvalue weighted by atomic mass is 16.2. The van der Waals surface area contributed by atoms with Gasteiger partial charge in [0.15, 0.2) is 0 Å². The molecule has 0 bridgehead atoms. The number of rotatable bonds is 4. The van der Waals surface area contributed by atoms with Crippen LogP contribution in [0.5, 0.6) is 0 Å². The minimum atomic E-state index is -0.351. The van der Waals surface area contributed by atoms with Crippen LogP contribution in [-0.2, 0) is 14.4 Å². The maximum Gasteiger partial charge on any atom is 0.226 e. The second-order valence-electron chi connectivity index (χ2n) is 7.69. The van der Waals surface area contributed by atoms with Gasteiger partial charge in [-0.15, -0.1) is 0 Å². The Morgan fingerprint density at radius 2 is 1.93 bits per heavy atom. The van der Waals surface area contributed by atoms with E-state index in [1.807, 2.05) is 54.6 Å². The van der Waals surface area contributed by atoms with Gasteiger partial charge in [0.25, 0.3) is 0 Å². The summed E-state index contributed by atoms with van der Waals surface area (Å²) in [6.45, 7) is 2.21. The van der Waals surface area contributed by atoms with Gasteiger partial charge in [-0.05, 0) is 48.2 Å². The Morgan fingerprint density at radius 3 is 2.73 bits per heavy atom. The van der Waals surface area contributed by atoms with Gasteiger partial charge in [0.05, 0.1) is 12.5 Å². The lowest BCUT2D eigenvalue weighted by Crippen LogP contribution is -2.35. The summed E-state index contributed by atoms with van der Waals surface area (Å²) in [5, 5.41) is 2.93. The monoisotopic (exact) mass is 403 g/mol. The van der Waals surface area contributed by atoms with Crippen molar-refractivity contribution < 1.29 is 14.4 Å². The molecule has 1 atom stereocenters. The zero-order valence-electron chi connectivity index (χ0n) is 17.0. The van der Waals surface area contributed by atoms with Crippen LogP contribution in [0.3, 0.4) is 0 Å². The molecule has 1 saturated heterocycles. The van der Waals surface area contributed by atoms with Gasteiger partial charge in [-0.2, -0.15) is 0 Å². The molecule has 0 aromatic heterocycles. The van der Waals surface area contributed by atoms with Crippen molar-refractivity contribution in [1.82, 2.24) is 4.90 Å². The first-order chi connectivity index (χ1) is 14.5. The van der Waals surface area contributed by atoms with Crippen LogP contribution in [0.4, 0.5) is 11.4 Å². The molecular weight excluding hydrogens is 378 g/mol. The molecule has 2 aliphatic rings. The highest BCUT2D eigenvalue weighted by Gasteiger charge is 2.28. The Hall–Kier alpha value is -3.41. The number of piperidine rings is 1. The van der Waals surface area contributed by atoms with Crippen molar-refractivity contribution >= 4 is 35.2 Å². The molecule has 3 amide bonds. The first-order valence-corrected chi connectivity index (χ1v) is 10.3. The molecule has 4 rings (SSSR count). The van der Waals surface area contributed by atoms with Gasteiger partial charge >= 0.3 is 0 Å². The van der Waals surface area contributed by atoms with Crippen molar-refractivity contribution in [3.63, 3.8) is 0 Å². The zero-order chi connectivity index (χ0) is 21.1. The van der Waals surface area contributed by atoms with Gasteiger partial charge in [-0.1, -0.05) is 30.3 Å². The number of anilines is 2. The predicted octanol–water partition coefficient (Wildman–Crippen LogP) is 4.11. The second kappa shape index (κ2) is 8.53. The second-order valence-corrected chi connectivity index (χ2v) is 7.69. The molecule has 0 saturated carbocycles. The number of hydrogen-bond donors (Lipinski definition) is 1. The van der Waals surface area contributed by atoms with Crippen molar-refractivity contribution in [3.05, 3.63) is 65.9 Å². The lowest BCUT2D eigenvalue weighted by molar-refractivity contribution is -0.129. The molecule has 154 valence electrons. The number of fused-ring (bicyclic) bond motifs is 1. The van der Waals surface area contributed by atoms with E-state index in [1.54, 1.807) is 16.0 Å². The maximum absolute atomic E-state index is 12.9. The molecule has 2 aromatic carbocycles. The van der Waals surface area contributed by atoms with E-state index < -0.39 is 0 Å². The molecular formula is C24H25N3O3. The Balaban J connectivity index is 1.50. The Kier molecular flexibility index (Phi) is 5.65. The number of amides is 3. The van der Waals surface area contributed by atoms with Crippen LogP contribution in [0.25, 0.3) is 6.08 Å². The number of nitrogens with zero attached hydrogens (tertiary/aromatic N) is 2. The molecule has 0 aliphatic carbocycles. The number of hydrogen-bond acceptors (Lipinski definition) is 3. The highest BCUT2D eigenvalue weighted by molar-refractivity contribution is 5.96. The molecule has 0 unspecified atom stereocenters. The fraction of sp³-hybridized carbons (Fsp3) is 0.292. The molecule has 6 heteroatoms. The van der Waals surface area contributed by atoms with Crippen molar-refractivity contribution in [2.24, 2.45) is 0 Å². The average molecular weight is 403 g/mol. The van der Waals surface area contributed by atoms with Crippen LogP contribution >= 0.6 is 0 Å². The first-order valence-electron chi connectivity index (χ1n) is 10.3. The normalized spacial score (nSPS) is 18.2. The number of carbonyl (C=O) groups is 3. The van der Waals surface area contributed by atoms with Gasteiger partial charge in [0.2, 0.25) is 17.7 Å². The molecule has 2 heterocycles. The maximum atomic E-state index is 12.9. The third kappa shape index (κ3) is 4.13. The van der Waals surface area contributed by atoms with Crippen LogP contribution in [0.2, 0.25) is 0 Å². The number of nitrogens with one attached hydrogen (secondary N) is 1. The highest BCUT2D eigenvalue weighted by Crippen LogP contribution is 2.33. The van der Waals surface area contributed by atoms with Gasteiger partial charge in [0, 0.05) is 37.5 Å². The minimum absolute atomic E-state index is 0.107. The Morgan fingerprint density at radius 1 is 1.10 bits per heavy atom. The van der Waals surface area contributed by atoms with Crippen molar-refractivity contribution in [2.45, 2.75) is 38.6 Å². The predicted molar refractivity (Wildman–Crippen MR) is 117 cm³/mol. The van der Waals surface area contributed by atoms with Crippen molar-refractivity contribution in [2.75, 3.05) is 16.8 Å². The summed E-state index contributed by atoms with van der Waals surface area (Å²) in [4.78, 5) is 40.6. The summed E-state index contributed by atoms with van der Waals surface area (Å²) in [7, 11) is 0. The Bertz CT molecular complexity index is 1010.